The van der Waals surface area contributed by atoms with E-state index in [-0.39, 0.29) is 6.15 Å². The number of benzene rings is 1. The summed E-state index contributed by atoms with van der Waals surface area (Å²) in [6, 6.07) is 5.91. The predicted octanol–water partition coefficient (Wildman–Crippen LogP) is 2.34. The third-order valence-electron chi connectivity index (χ3n) is 1.20. The van der Waals surface area contributed by atoms with Crippen LogP contribution in [0.2, 0.25) is 0 Å². The summed E-state index contributed by atoms with van der Waals surface area (Å²) in [4.78, 5) is 0. The van der Waals surface area contributed by atoms with E-state index in [9.17, 15) is 0 Å². The average Bonchev–Trinajstić information content (AvgIpc) is 1.80. The summed E-state index contributed by atoms with van der Waals surface area (Å²) in [6.45, 7) is 2.07. The molecular formula is C7H11IN2. The average molecular weight is 250 g/mol. The van der Waals surface area contributed by atoms with Crippen molar-refractivity contribution in [1.29, 1.82) is 0 Å². The van der Waals surface area contributed by atoms with Crippen molar-refractivity contribution in [2.45, 2.75) is 6.92 Å². The molecule has 1 aromatic carbocycles. The summed E-state index contributed by atoms with van der Waals surface area (Å²) in [5, 5.41) is 0. The molecule has 0 aliphatic heterocycles. The Hall–Kier alpha value is -0.290. The van der Waals surface area contributed by atoms with Crippen molar-refractivity contribution in [2.24, 2.45) is 0 Å². The van der Waals surface area contributed by atoms with Crippen LogP contribution in [0.15, 0.2) is 18.2 Å². The minimum Gasteiger partial charge on any atom is -0.399 e. The molecule has 10 heavy (non-hydrogen) atoms. The Bertz CT molecular complexity index is 223. The van der Waals surface area contributed by atoms with Gasteiger partial charge >= 0.3 is 0 Å². The van der Waals surface area contributed by atoms with Gasteiger partial charge in [-0.2, -0.15) is 0 Å². The number of hydrogen-bond donors (Lipinski definition) is 2. The largest absolute Gasteiger partial charge is 0.399 e. The molecule has 2 nitrogen and oxygen atoms in total. The fourth-order valence-corrected chi connectivity index (χ4v) is 1.15. The van der Waals surface area contributed by atoms with Gasteiger partial charge in [0, 0.05) is 9.26 Å². The summed E-state index contributed by atoms with van der Waals surface area (Å²) in [7, 11) is 0. The molecule has 0 radical (unpaired) electrons. The Morgan fingerprint density at radius 3 is 2.40 bits per heavy atom. The van der Waals surface area contributed by atoms with E-state index in [0.717, 1.165) is 5.69 Å². The van der Waals surface area contributed by atoms with Crippen LogP contribution in [0.25, 0.3) is 0 Å². The molecule has 0 aliphatic rings. The van der Waals surface area contributed by atoms with Gasteiger partial charge in [-0.25, -0.2) is 0 Å². The maximum Gasteiger partial charge on any atom is 0.0324 e. The minimum absolute atomic E-state index is 0. The fraction of sp³-hybridized carbons (Fsp3) is 0.143. The lowest BCUT2D eigenvalue weighted by atomic mass is 10.2. The van der Waals surface area contributed by atoms with E-state index in [1.807, 2.05) is 18.2 Å². The Balaban J connectivity index is 0.000000810. The highest BCUT2D eigenvalue weighted by atomic mass is 127. The van der Waals surface area contributed by atoms with E-state index in [4.69, 9.17) is 5.73 Å². The van der Waals surface area contributed by atoms with Gasteiger partial charge in [-0.05, 0) is 47.2 Å². The first kappa shape index (κ1) is 9.71. The SMILES string of the molecule is Cc1ccc(N)cc1I.N. The monoisotopic (exact) mass is 250 g/mol. The first-order valence-electron chi connectivity index (χ1n) is 2.72. The van der Waals surface area contributed by atoms with Crippen molar-refractivity contribution in [3.63, 3.8) is 0 Å². The van der Waals surface area contributed by atoms with Gasteiger partial charge < -0.3 is 11.9 Å². The Morgan fingerprint density at radius 2 is 2.00 bits per heavy atom. The van der Waals surface area contributed by atoms with Crippen LogP contribution in [0, 0.1) is 10.5 Å². The van der Waals surface area contributed by atoms with Crippen LogP contribution in [0.4, 0.5) is 5.69 Å². The van der Waals surface area contributed by atoms with Gasteiger partial charge in [0.2, 0.25) is 0 Å². The van der Waals surface area contributed by atoms with Gasteiger partial charge in [0.25, 0.3) is 0 Å². The molecule has 0 saturated heterocycles. The Labute approximate surface area is 74.5 Å². The smallest absolute Gasteiger partial charge is 0.0324 e. The molecule has 3 heteroatoms. The summed E-state index contributed by atoms with van der Waals surface area (Å²) in [5.41, 5.74) is 7.64. The van der Waals surface area contributed by atoms with Gasteiger partial charge in [0.1, 0.15) is 0 Å². The van der Waals surface area contributed by atoms with E-state index < -0.39 is 0 Å². The van der Waals surface area contributed by atoms with Crippen molar-refractivity contribution in [1.82, 2.24) is 6.15 Å². The normalized spacial score (nSPS) is 8.60. The topological polar surface area (TPSA) is 61.0 Å². The molecule has 56 valence electrons. The minimum atomic E-state index is 0. The number of nitrogen functional groups attached to an aromatic ring is 1. The second kappa shape index (κ2) is 3.78. The summed E-state index contributed by atoms with van der Waals surface area (Å²) < 4.78 is 1.23. The van der Waals surface area contributed by atoms with Crippen LogP contribution < -0.4 is 11.9 Å². The lowest BCUT2D eigenvalue weighted by Crippen LogP contribution is -1.86. The second-order valence-corrected chi connectivity index (χ2v) is 3.17. The van der Waals surface area contributed by atoms with Crippen molar-refractivity contribution < 1.29 is 0 Å². The highest BCUT2D eigenvalue weighted by Crippen LogP contribution is 2.13. The number of anilines is 1. The molecule has 0 unspecified atom stereocenters. The zero-order valence-corrected chi connectivity index (χ0v) is 8.05. The number of rotatable bonds is 0. The highest BCUT2D eigenvalue weighted by Gasteiger charge is 1.91. The van der Waals surface area contributed by atoms with Gasteiger partial charge in [-0.15, -0.1) is 0 Å². The van der Waals surface area contributed by atoms with Gasteiger partial charge in [0.15, 0.2) is 0 Å². The molecule has 5 N–H and O–H groups in total. The van der Waals surface area contributed by atoms with Crippen LogP contribution in [-0.4, -0.2) is 0 Å². The van der Waals surface area contributed by atoms with E-state index in [1.54, 1.807) is 0 Å². The van der Waals surface area contributed by atoms with Gasteiger partial charge in [-0.1, -0.05) is 6.07 Å². The molecular weight excluding hydrogens is 239 g/mol. The first-order valence-corrected chi connectivity index (χ1v) is 3.79. The van der Waals surface area contributed by atoms with Crippen molar-refractivity contribution in [2.75, 3.05) is 5.73 Å². The van der Waals surface area contributed by atoms with Crippen LogP contribution in [0.3, 0.4) is 0 Å². The molecule has 0 atom stereocenters. The molecule has 0 aromatic heterocycles. The molecule has 0 bridgehead atoms. The van der Waals surface area contributed by atoms with Crippen LogP contribution >= 0.6 is 22.6 Å². The van der Waals surface area contributed by atoms with E-state index in [0.29, 0.717) is 0 Å². The van der Waals surface area contributed by atoms with Crippen LogP contribution in [0.5, 0.6) is 0 Å². The lowest BCUT2D eigenvalue weighted by Gasteiger charge is -1.96. The Kier molecular flexibility index (Phi) is 3.67. The molecule has 0 amide bonds. The molecule has 0 fully saturated rings. The van der Waals surface area contributed by atoms with Crippen molar-refractivity contribution in [3.05, 3.63) is 27.3 Å². The standard InChI is InChI=1S/C7H8IN.H3N/c1-5-2-3-6(9)4-7(5)8;/h2-4H,9H2,1H3;1H3. The Morgan fingerprint density at radius 1 is 1.40 bits per heavy atom. The molecule has 0 saturated carbocycles. The van der Waals surface area contributed by atoms with Crippen molar-refractivity contribution in [3.8, 4) is 0 Å². The third kappa shape index (κ3) is 2.15. The molecule has 0 spiro atoms. The zero-order chi connectivity index (χ0) is 6.85. The third-order valence-corrected chi connectivity index (χ3v) is 2.36. The molecule has 1 rings (SSSR count). The maximum atomic E-state index is 5.52. The predicted molar refractivity (Wildman–Crippen MR) is 53.3 cm³/mol. The molecule has 0 heterocycles. The maximum absolute atomic E-state index is 5.52. The number of hydrogen-bond acceptors (Lipinski definition) is 2. The van der Waals surface area contributed by atoms with Crippen molar-refractivity contribution >= 4 is 28.3 Å². The zero-order valence-electron chi connectivity index (χ0n) is 5.89. The number of halogens is 1. The number of nitrogens with two attached hydrogens (primary N) is 1. The molecule has 1 aromatic rings. The van der Waals surface area contributed by atoms with Gasteiger partial charge in [0.05, 0.1) is 0 Å². The van der Waals surface area contributed by atoms with Gasteiger partial charge in [-0.3, -0.25) is 0 Å². The highest BCUT2D eigenvalue weighted by molar-refractivity contribution is 14.1. The van der Waals surface area contributed by atoms with E-state index in [2.05, 4.69) is 29.5 Å². The fourth-order valence-electron chi connectivity index (χ4n) is 0.609. The van der Waals surface area contributed by atoms with E-state index in [1.165, 1.54) is 9.13 Å². The summed E-state index contributed by atoms with van der Waals surface area (Å²) >= 11 is 2.27. The summed E-state index contributed by atoms with van der Waals surface area (Å²) in [5.74, 6) is 0. The second-order valence-electron chi connectivity index (χ2n) is 2.01. The summed E-state index contributed by atoms with van der Waals surface area (Å²) in [6.07, 6.45) is 0. The quantitative estimate of drug-likeness (QED) is 0.548. The first-order chi connectivity index (χ1) is 4.20. The van der Waals surface area contributed by atoms with E-state index >= 15 is 0 Å². The van der Waals surface area contributed by atoms with Crippen LogP contribution in [0.1, 0.15) is 5.56 Å². The number of aryl methyl sites for hydroxylation is 1. The lowest BCUT2D eigenvalue weighted by molar-refractivity contribution is 1.43. The molecule has 0 aliphatic carbocycles. The van der Waals surface area contributed by atoms with Crippen LogP contribution in [-0.2, 0) is 0 Å².